The van der Waals surface area contributed by atoms with Crippen molar-refractivity contribution >= 4 is 156 Å². The van der Waals surface area contributed by atoms with Gasteiger partial charge in [-0.2, -0.15) is 10.2 Å². The van der Waals surface area contributed by atoms with Crippen molar-refractivity contribution in [2.75, 3.05) is 13.2 Å². The number of benzene rings is 6. The molecule has 6 aromatic carbocycles. The zero-order valence-electron chi connectivity index (χ0n) is 37.5. The van der Waals surface area contributed by atoms with Crippen LogP contribution in [0, 0.1) is 0 Å². The number of aromatic nitrogens is 12. The minimum Gasteiger partial charge on any atom is -0.489 e. The molecule has 0 aliphatic heterocycles. The number of hydrogen-bond donors (Lipinski definition) is 6. The van der Waals surface area contributed by atoms with Gasteiger partial charge in [0.25, 0.3) is 11.1 Å². The summed E-state index contributed by atoms with van der Waals surface area (Å²) < 4.78 is 16.2. The number of rotatable bonds is 10. The molecule has 0 aliphatic carbocycles. The molecule has 0 bridgehead atoms. The summed E-state index contributed by atoms with van der Waals surface area (Å²) in [6.45, 7) is 1.93. The number of aromatic amines is 6. The van der Waals surface area contributed by atoms with E-state index in [9.17, 15) is 9.59 Å². The molecule has 16 nitrogen and oxygen atoms in total. The van der Waals surface area contributed by atoms with Crippen molar-refractivity contribution in [2.24, 2.45) is 0 Å². The predicted octanol–water partition coefficient (Wildman–Crippen LogP) is 13.0. The Morgan fingerprint density at radius 2 is 0.877 bits per heavy atom. The Kier molecular flexibility index (Phi) is 11.5. The summed E-state index contributed by atoms with van der Waals surface area (Å²) in [5, 5.41) is 20.0. The third-order valence-corrected chi connectivity index (χ3v) is 14.0. The van der Waals surface area contributed by atoms with Crippen LogP contribution in [0.25, 0.3) is 109 Å². The van der Waals surface area contributed by atoms with Crippen LogP contribution in [0.1, 0.15) is 20.3 Å². The molecule has 6 N–H and O–H groups in total. The van der Waals surface area contributed by atoms with Gasteiger partial charge >= 0.3 is 0 Å². The van der Waals surface area contributed by atoms with E-state index in [1.807, 2.05) is 72.8 Å². The Hall–Kier alpha value is -8.02. The third-order valence-electron chi connectivity index (χ3n) is 13.1. The maximum absolute atomic E-state index is 12.2. The van der Waals surface area contributed by atoms with Gasteiger partial charge in [-0.05, 0) is 84.9 Å². The normalized spacial score (nSPS) is 11.9. The van der Waals surface area contributed by atoms with Gasteiger partial charge in [-0.25, -0.2) is 14.6 Å². The van der Waals surface area contributed by atoms with Crippen LogP contribution in [0.15, 0.2) is 120 Å². The molecule has 14 rings (SSSR count). The quantitative estimate of drug-likeness (QED) is 0.0724. The summed E-state index contributed by atoms with van der Waals surface area (Å²) >= 11 is 25.3. The van der Waals surface area contributed by atoms with Gasteiger partial charge in [0.2, 0.25) is 0 Å². The number of nitrogens with one attached hydrogen (secondary N) is 6. The van der Waals surface area contributed by atoms with E-state index in [1.165, 1.54) is 18.9 Å². The number of fused-ring (bicyclic) bond motifs is 14. The van der Waals surface area contributed by atoms with E-state index in [4.69, 9.17) is 55.9 Å². The van der Waals surface area contributed by atoms with E-state index in [2.05, 4.69) is 62.2 Å². The van der Waals surface area contributed by atoms with Crippen LogP contribution < -0.4 is 20.6 Å². The molecule has 0 unspecified atom stereocenters. The lowest BCUT2D eigenvalue weighted by atomic mass is 10.1. The first-order valence-corrected chi connectivity index (χ1v) is 24.4. The van der Waals surface area contributed by atoms with Crippen molar-refractivity contribution < 1.29 is 9.47 Å². The van der Waals surface area contributed by atoms with Crippen LogP contribution in [0.2, 0.25) is 20.1 Å². The lowest BCUT2D eigenvalue weighted by Gasteiger charge is -2.10. The van der Waals surface area contributed by atoms with Crippen LogP contribution in [0.5, 0.6) is 11.5 Å². The highest BCUT2D eigenvalue weighted by molar-refractivity contribution is 6.34. The molecule has 20 heteroatoms. The standard InChI is InChI=1S/2C26H18Cl2N6O2.CH4/c27-13-2-4-20-15(8-13)17-10-18-16-9-14(28)3-5-21(16)33-23(18)24(22(17)32-20)36-7-1-6-34-25-19(11-31-34)26(35)30-12-29-25;27-13-2-4-19-15(8-13)17-10-18-16-9-14(28)3-5-20(16)33-23(18)25(22(17)32-19)36-7-1-6-34-24-21(11-31-34)29-12-30-26(24)35;/h2*2-5,8-12,32-33H,1,6-7H2,(H,29,30,35);1H4. The highest BCUT2D eigenvalue weighted by atomic mass is 35.5. The molecule has 0 aliphatic rings. The van der Waals surface area contributed by atoms with E-state index in [0.717, 1.165) is 98.7 Å². The smallest absolute Gasteiger partial charge is 0.276 e. The molecular formula is C53H40Cl4N12O4. The predicted molar refractivity (Wildman–Crippen MR) is 294 cm³/mol. The second-order valence-corrected chi connectivity index (χ2v) is 19.2. The van der Waals surface area contributed by atoms with Gasteiger partial charge in [0.05, 0.1) is 60.3 Å². The molecule has 73 heavy (non-hydrogen) atoms. The van der Waals surface area contributed by atoms with Crippen LogP contribution in [0.3, 0.4) is 0 Å². The molecule has 0 amide bonds. The van der Waals surface area contributed by atoms with Crippen molar-refractivity contribution in [1.82, 2.24) is 59.4 Å². The Bertz CT molecular complexity index is 4430. The summed E-state index contributed by atoms with van der Waals surface area (Å²) in [4.78, 5) is 51.8. The van der Waals surface area contributed by atoms with Gasteiger partial charge in [0.1, 0.15) is 10.9 Å². The second-order valence-electron chi connectivity index (χ2n) is 17.4. The molecule has 8 aromatic heterocycles. The molecule has 0 saturated carbocycles. The summed E-state index contributed by atoms with van der Waals surface area (Å²) in [6.07, 6.45) is 7.22. The van der Waals surface area contributed by atoms with Crippen LogP contribution >= 0.6 is 46.4 Å². The van der Waals surface area contributed by atoms with E-state index < -0.39 is 0 Å². The van der Waals surface area contributed by atoms with Gasteiger partial charge in [-0.15, -0.1) is 0 Å². The number of hydrogen-bond acceptors (Lipinski definition) is 8. The topological polar surface area (TPSA) is 209 Å². The molecule has 364 valence electrons. The molecule has 0 fully saturated rings. The Labute approximate surface area is 431 Å². The summed E-state index contributed by atoms with van der Waals surface area (Å²) in [6, 6.07) is 27.5. The van der Waals surface area contributed by atoms with Crippen molar-refractivity contribution in [3.63, 3.8) is 0 Å². The van der Waals surface area contributed by atoms with Crippen molar-refractivity contribution in [2.45, 2.75) is 33.4 Å². The fourth-order valence-corrected chi connectivity index (χ4v) is 10.5. The van der Waals surface area contributed by atoms with E-state index in [-0.39, 0.29) is 18.5 Å². The molecule has 0 saturated heterocycles. The largest absolute Gasteiger partial charge is 0.489 e. The zero-order valence-corrected chi connectivity index (χ0v) is 40.5. The second kappa shape index (κ2) is 18.2. The number of nitrogens with zero attached hydrogens (tertiary/aromatic N) is 6. The van der Waals surface area contributed by atoms with Gasteiger partial charge in [-0.3, -0.25) is 14.3 Å². The fourth-order valence-electron chi connectivity index (χ4n) is 9.83. The molecule has 0 spiro atoms. The first kappa shape index (κ1) is 46.1. The van der Waals surface area contributed by atoms with Gasteiger partial charge in [-0.1, -0.05) is 53.8 Å². The average molecular weight is 1050 g/mol. The van der Waals surface area contributed by atoms with Crippen molar-refractivity contribution in [3.8, 4) is 11.5 Å². The molecule has 0 radical (unpaired) electrons. The molecule has 0 atom stereocenters. The summed E-state index contributed by atoms with van der Waals surface area (Å²) in [5.41, 5.74) is 8.67. The van der Waals surface area contributed by atoms with E-state index in [1.54, 1.807) is 15.6 Å². The monoisotopic (exact) mass is 1050 g/mol. The highest BCUT2D eigenvalue weighted by Gasteiger charge is 2.21. The minimum atomic E-state index is -0.210. The SMILES string of the molecule is C.O=c1[nH]cnc2c1cnn2CCCOc1c2[nH]c3ccc(Cl)cc3c2cc2c1[nH]c1ccc(Cl)cc12.O=c1[nH]cnc2cnn(CCCOc3c4[nH]c5ccc(Cl)cc5c4cc4c3[nH]c3ccc(Cl)cc34)c12. The van der Waals surface area contributed by atoms with Gasteiger partial charge in [0.15, 0.2) is 22.7 Å². The lowest BCUT2D eigenvalue weighted by Crippen LogP contribution is -2.13. The van der Waals surface area contributed by atoms with Crippen LogP contribution in [0.4, 0.5) is 0 Å². The maximum atomic E-state index is 12.2. The Morgan fingerprint density at radius 1 is 0.466 bits per heavy atom. The first-order chi connectivity index (χ1) is 35.1. The molecular weight excluding hydrogens is 1010 g/mol. The fraction of sp³-hybridized carbons (Fsp3) is 0.132. The molecule has 8 heterocycles. The molecule has 14 aromatic rings. The minimum absolute atomic E-state index is 0. The lowest BCUT2D eigenvalue weighted by molar-refractivity contribution is 0.305. The number of H-pyrrole nitrogens is 6. The highest BCUT2D eigenvalue weighted by Crippen LogP contribution is 2.44. The zero-order chi connectivity index (χ0) is 48.8. The van der Waals surface area contributed by atoms with Gasteiger partial charge in [0, 0.05) is 111 Å². The van der Waals surface area contributed by atoms with Gasteiger partial charge < -0.3 is 39.4 Å². The maximum Gasteiger partial charge on any atom is 0.276 e. The van der Waals surface area contributed by atoms with E-state index in [0.29, 0.717) is 81.3 Å². The summed E-state index contributed by atoms with van der Waals surface area (Å²) in [7, 11) is 0. The Balaban J connectivity index is 0.000000147. The van der Waals surface area contributed by atoms with E-state index >= 15 is 0 Å². The van der Waals surface area contributed by atoms with Crippen molar-refractivity contribution in [3.05, 3.63) is 151 Å². The number of aryl methyl sites for hydroxylation is 2. The third kappa shape index (κ3) is 7.94. The van der Waals surface area contributed by atoms with Crippen molar-refractivity contribution in [1.29, 1.82) is 0 Å². The number of halogens is 4. The summed E-state index contributed by atoms with van der Waals surface area (Å²) in [5.74, 6) is 1.47. The van der Waals surface area contributed by atoms with Crippen LogP contribution in [-0.2, 0) is 13.1 Å². The van der Waals surface area contributed by atoms with Crippen LogP contribution in [-0.4, -0.2) is 72.6 Å². The first-order valence-electron chi connectivity index (χ1n) is 22.9. The average Bonchev–Trinajstić information content (AvgIpc) is 4.25. The Morgan fingerprint density at radius 3 is 1.34 bits per heavy atom. The number of ether oxygens (including phenoxy) is 2.